The number of methoxy groups -OCH3 is 2. The summed E-state index contributed by atoms with van der Waals surface area (Å²) in [6.45, 7) is 4.56. The number of nitrogens with zero attached hydrogens (tertiary/aromatic N) is 3. The van der Waals surface area contributed by atoms with Gasteiger partial charge in [0.2, 0.25) is 5.91 Å². The number of amides is 1. The summed E-state index contributed by atoms with van der Waals surface area (Å²) in [7, 11) is 3.17. The van der Waals surface area contributed by atoms with E-state index in [2.05, 4.69) is 10.1 Å². The molecule has 0 aliphatic carbocycles. The van der Waals surface area contributed by atoms with Crippen molar-refractivity contribution < 1.29 is 18.8 Å². The molecule has 3 aromatic rings. The third-order valence-electron chi connectivity index (χ3n) is 5.23. The molecule has 1 aliphatic heterocycles. The zero-order valence-electron chi connectivity index (χ0n) is 16.9. The van der Waals surface area contributed by atoms with Crippen LogP contribution in [0.4, 0.5) is 5.69 Å². The van der Waals surface area contributed by atoms with Gasteiger partial charge in [0.15, 0.2) is 5.82 Å². The van der Waals surface area contributed by atoms with Gasteiger partial charge in [-0.25, -0.2) is 0 Å². The fraction of sp³-hybridized carbons (Fsp3) is 0.318. The zero-order valence-corrected chi connectivity index (χ0v) is 16.9. The van der Waals surface area contributed by atoms with Gasteiger partial charge in [-0.05, 0) is 43.2 Å². The van der Waals surface area contributed by atoms with Gasteiger partial charge >= 0.3 is 0 Å². The van der Waals surface area contributed by atoms with Crippen LogP contribution in [-0.4, -0.2) is 36.8 Å². The number of rotatable bonds is 5. The van der Waals surface area contributed by atoms with Crippen LogP contribution in [0.15, 0.2) is 40.9 Å². The summed E-state index contributed by atoms with van der Waals surface area (Å²) in [5.41, 5.74) is 3.82. The molecule has 0 spiro atoms. The Hall–Kier alpha value is -3.35. The van der Waals surface area contributed by atoms with Crippen LogP contribution < -0.4 is 14.4 Å². The molecule has 0 bridgehead atoms. The number of anilines is 1. The maximum absolute atomic E-state index is 12.7. The second kappa shape index (κ2) is 7.58. The van der Waals surface area contributed by atoms with E-state index in [1.165, 1.54) is 0 Å². The molecule has 1 aromatic heterocycles. The largest absolute Gasteiger partial charge is 0.497 e. The fourth-order valence-corrected chi connectivity index (χ4v) is 3.61. The highest BCUT2D eigenvalue weighted by atomic mass is 16.5. The van der Waals surface area contributed by atoms with Crippen molar-refractivity contribution in [2.45, 2.75) is 26.2 Å². The van der Waals surface area contributed by atoms with E-state index in [4.69, 9.17) is 14.0 Å². The lowest BCUT2D eigenvalue weighted by molar-refractivity contribution is -0.117. The highest BCUT2D eigenvalue weighted by Crippen LogP contribution is 2.36. The molecule has 1 amide bonds. The highest BCUT2D eigenvalue weighted by molar-refractivity contribution is 5.97. The minimum absolute atomic E-state index is 0.0667. The molecule has 7 heteroatoms. The number of carbonyl (C=O) groups is 1. The van der Waals surface area contributed by atoms with Crippen molar-refractivity contribution >= 4 is 11.6 Å². The molecule has 1 fully saturated rings. The number of ether oxygens (including phenoxy) is 2. The second-order valence-corrected chi connectivity index (χ2v) is 7.22. The monoisotopic (exact) mass is 393 g/mol. The van der Waals surface area contributed by atoms with Crippen molar-refractivity contribution in [2.75, 3.05) is 25.7 Å². The maximum atomic E-state index is 12.7. The van der Waals surface area contributed by atoms with Crippen LogP contribution in [0.25, 0.3) is 11.5 Å². The van der Waals surface area contributed by atoms with Crippen LogP contribution in [0.3, 0.4) is 0 Å². The van der Waals surface area contributed by atoms with Crippen LogP contribution in [0.1, 0.15) is 29.3 Å². The average Bonchev–Trinajstić information content (AvgIpc) is 3.36. The van der Waals surface area contributed by atoms with E-state index in [9.17, 15) is 4.79 Å². The predicted molar refractivity (Wildman–Crippen MR) is 108 cm³/mol. The van der Waals surface area contributed by atoms with Crippen LogP contribution in [0.5, 0.6) is 11.5 Å². The number of carbonyl (C=O) groups excluding carboxylic acids is 1. The Morgan fingerprint density at radius 2 is 1.93 bits per heavy atom. The van der Waals surface area contributed by atoms with Crippen molar-refractivity contribution in [1.82, 2.24) is 10.1 Å². The van der Waals surface area contributed by atoms with Gasteiger partial charge in [0.25, 0.3) is 5.89 Å². The third kappa shape index (κ3) is 3.55. The Bertz CT molecular complexity index is 1060. The molecule has 1 unspecified atom stereocenters. The Morgan fingerprint density at radius 1 is 1.10 bits per heavy atom. The van der Waals surface area contributed by atoms with Gasteiger partial charge in [0.1, 0.15) is 11.5 Å². The molecule has 2 aromatic carbocycles. The van der Waals surface area contributed by atoms with Crippen molar-refractivity contribution in [3.05, 3.63) is 53.3 Å². The number of aryl methyl sites for hydroxylation is 2. The normalized spacial score (nSPS) is 16.3. The van der Waals surface area contributed by atoms with Crippen LogP contribution >= 0.6 is 0 Å². The molecule has 0 saturated carbocycles. The van der Waals surface area contributed by atoms with Gasteiger partial charge in [-0.1, -0.05) is 17.3 Å². The first-order valence-electron chi connectivity index (χ1n) is 9.43. The molecule has 4 rings (SSSR count). The Kier molecular flexibility index (Phi) is 4.96. The highest BCUT2D eigenvalue weighted by Gasteiger charge is 2.35. The fourth-order valence-electron chi connectivity index (χ4n) is 3.61. The van der Waals surface area contributed by atoms with Gasteiger partial charge in [-0.3, -0.25) is 4.79 Å². The Balaban J connectivity index is 1.59. The van der Waals surface area contributed by atoms with Gasteiger partial charge in [-0.15, -0.1) is 0 Å². The van der Waals surface area contributed by atoms with Gasteiger partial charge in [-0.2, -0.15) is 4.98 Å². The first-order valence-corrected chi connectivity index (χ1v) is 9.43. The first kappa shape index (κ1) is 19.0. The second-order valence-electron chi connectivity index (χ2n) is 7.22. The Labute approximate surface area is 169 Å². The summed E-state index contributed by atoms with van der Waals surface area (Å²) in [4.78, 5) is 19.0. The topological polar surface area (TPSA) is 77.7 Å². The number of aromatic nitrogens is 2. The third-order valence-corrected chi connectivity index (χ3v) is 5.23. The zero-order chi connectivity index (χ0) is 20.5. The molecule has 1 saturated heterocycles. The minimum atomic E-state index is -0.121. The van der Waals surface area contributed by atoms with Crippen molar-refractivity contribution in [2.24, 2.45) is 0 Å². The predicted octanol–water partition coefficient (Wildman–Crippen LogP) is 3.89. The SMILES string of the molecule is COc1ccc(-c2nc(C3CC(=O)N(c4cc(C)ccc4C)C3)no2)c(OC)c1. The summed E-state index contributed by atoms with van der Waals surface area (Å²) in [6.07, 6.45) is 0.353. The molecule has 7 nitrogen and oxygen atoms in total. The molecular formula is C22H23N3O4. The van der Waals surface area contributed by atoms with Crippen molar-refractivity contribution in [1.29, 1.82) is 0 Å². The summed E-state index contributed by atoms with van der Waals surface area (Å²) >= 11 is 0. The molecule has 0 N–H and O–H groups in total. The van der Waals surface area contributed by atoms with Crippen LogP contribution in [0, 0.1) is 13.8 Å². The number of hydrogen-bond acceptors (Lipinski definition) is 6. The molecule has 1 atom stereocenters. The van der Waals surface area contributed by atoms with E-state index in [0.717, 1.165) is 16.8 Å². The van der Waals surface area contributed by atoms with E-state index in [1.807, 2.05) is 49.1 Å². The minimum Gasteiger partial charge on any atom is -0.497 e. The van der Waals surface area contributed by atoms with Crippen molar-refractivity contribution in [3.8, 4) is 23.0 Å². The smallest absolute Gasteiger partial charge is 0.261 e. The van der Waals surface area contributed by atoms with E-state index < -0.39 is 0 Å². The standard InChI is InChI=1S/C22H23N3O4/c1-13-5-6-14(2)18(9-13)25-12-15(10-20(25)26)21-23-22(29-24-21)17-8-7-16(27-3)11-19(17)28-4/h5-9,11,15H,10,12H2,1-4H3. The van der Waals surface area contributed by atoms with Crippen LogP contribution in [-0.2, 0) is 4.79 Å². The first-order chi connectivity index (χ1) is 14.0. The summed E-state index contributed by atoms with van der Waals surface area (Å²) in [6, 6.07) is 11.5. The average molecular weight is 393 g/mol. The van der Waals surface area contributed by atoms with Crippen LogP contribution in [0.2, 0.25) is 0 Å². The number of hydrogen-bond donors (Lipinski definition) is 0. The van der Waals surface area contributed by atoms with E-state index in [0.29, 0.717) is 41.7 Å². The Morgan fingerprint density at radius 3 is 2.69 bits per heavy atom. The van der Waals surface area contributed by atoms with E-state index in [1.54, 1.807) is 20.3 Å². The lowest BCUT2D eigenvalue weighted by atomic mass is 10.1. The van der Waals surface area contributed by atoms with E-state index >= 15 is 0 Å². The molecule has 0 radical (unpaired) electrons. The summed E-state index contributed by atoms with van der Waals surface area (Å²) in [5.74, 6) is 2.09. The summed E-state index contributed by atoms with van der Waals surface area (Å²) < 4.78 is 16.1. The van der Waals surface area contributed by atoms with Gasteiger partial charge in [0, 0.05) is 30.6 Å². The molecule has 1 aliphatic rings. The molecular weight excluding hydrogens is 370 g/mol. The molecule has 150 valence electrons. The van der Waals surface area contributed by atoms with Gasteiger partial charge in [0.05, 0.1) is 19.8 Å². The maximum Gasteiger partial charge on any atom is 0.261 e. The molecule has 2 heterocycles. The quantitative estimate of drug-likeness (QED) is 0.654. The lowest BCUT2D eigenvalue weighted by Crippen LogP contribution is -2.25. The van der Waals surface area contributed by atoms with Crippen molar-refractivity contribution in [3.63, 3.8) is 0 Å². The van der Waals surface area contributed by atoms with Gasteiger partial charge < -0.3 is 18.9 Å². The van der Waals surface area contributed by atoms with E-state index in [-0.39, 0.29) is 11.8 Å². The summed E-state index contributed by atoms with van der Waals surface area (Å²) in [5, 5.41) is 4.14. The lowest BCUT2D eigenvalue weighted by Gasteiger charge is -2.19. The molecule has 29 heavy (non-hydrogen) atoms. The number of benzene rings is 2.